The van der Waals surface area contributed by atoms with E-state index in [9.17, 15) is 4.79 Å². The summed E-state index contributed by atoms with van der Waals surface area (Å²) in [4.78, 5) is 25.4. The number of hydrogen-bond acceptors (Lipinski definition) is 6. The summed E-state index contributed by atoms with van der Waals surface area (Å²) in [6, 6.07) is 13.3. The molecule has 4 rings (SSSR count). The van der Waals surface area contributed by atoms with Gasteiger partial charge in [0, 0.05) is 68.5 Å². The Morgan fingerprint density at radius 3 is 2.39 bits per heavy atom. The lowest BCUT2D eigenvalue weighted by Gasteiger charge is -2.36. The van der Waals surface area contributed by atoms with E-state index < -0.39 is 0 Å². The van der Waals surface area contributed by atoms with Crippen molar-refractivity contribution in [2.75, 3.05) is 62.3 Å². The zero-order chi connectivity index (χ0) is 23.0. The second kappa shape index (κ2) is 11.7. The number of amides is 1. The molecule has 0 atom stereocenters. The van der Waals surface area contributed by atoms with Crippen LogP contribution < -0.4 is 10.2 Å². The lowest BCUT2D eigenvalue weighted by molar-refractivity contribution is -0.132. The topological polar surface area (TPSA) is 51.7 Å². The van der Waals surface area contributed by atoms with Crippen LogP contribution in [0.5, 0.6) is 0 Å². The highest BCUT2D eigenvalue weighted by Crippen LogP contribution is 2.21. The van der Waals surface area contributed by atoms with Gasteiger partial charge in [-0.3, -0.25) is 9.69 Å². The summed E-state index contributed by atoms with van der Waals surface area (Å²) in [6.45, 7) is 8.89. The van der Waals surface area contributed by atoms with Crippen molar-refractivity contribution in [3.8, 4) is 0 Å². The molecule has 6 nitrogen and oxygen atoms in total. The van der Waals surface area contributed by atoms with Crippen molar-refractivity contribution in [2.24, 2.45) is 0 Å². The molecule has 2 fully saturated rings. The summed E-state index contributed by atoms with van der Waals surface area (Å²) in [5, 5.41) is 3.63. The van der Waals surface area contributed by atoms with E-state index in [0.717, 1.165) is 70.9 Å². The number of aryl methyl sites for hydroxylation is 1. The number of nitrogens with one attached hydrogen (secondary N) is 1. The molecule has 1 amide bonds. The smallest absolute Gasteiger partial charge is 0.222 e. The molecule has 0 unspecified atom stereocenters. The van der Waals surface area contributed by atoms with E-state index >= 15 is 0 Å². The third-order valence-corrected chi connectivity index (χ3v) is 7.51. The molecule has 178 valence electrons. The first-order chi connectivity index (χ1) is 16.1. The molecule has 0 radical (unpaired) electrons. The maximum absolute atomic E-state index is 12.7. The molecule has 1 aromatic heterocycles. The Bertz CT molecular complexity index is 873. The first-order valence-electron chi connectivity index (χ1n) is 12.2. The summed E-state index contributed by atoms with van der Waals surface area (Å²) in [5.74, 6) is 1.39. The lowest BCUT2D eigenvalue weighted by atomic mass is 10.0. The summed E-state index contributed by atoms with van der Waals surface area (Å²) >= 11 is 1.76. The molecule has 0 spiro atoms. The summed E-state index contributed by atoms with van der Waals surface area (Å²) in [7, 11) is 0. The van der Waals surface area contributed by atoms with E-state index in [4.69, 9.17) is 0 Å². The molecule has 2 aromatic rings. The molecule has 33 heavy (non-hydrogen) atoms. The number of anilines is 2. The lowest BCUT2D eigenvalue weighted by Crippen LogP contribution is -2.47. The maximum atomic E-state index is 12.7. The molecule has 0 saturated carbocycles. The van der Waals surface area contributed by atoms with Crippen LogP contribution in [0.4, 0.5) is 11.5 Å². The van der Waals surface area contributed by atoms with E-state index in [0.29, 0.717) is 18.4 Å². The first kappa shape index (κ1) is 23.9. The molecule has 1 N–H and O–H groups in total. The predicted molar refractivity (Wildman–Crippen MR) is 138 cm³/mol. The van der Waals surface area contributed by atoms with Crippen molar-refractivity contribution < 1.29 is 4.79 Å². The van der Waals surface area contributed by atoms with Crippen LogP contribution in [-0.4, -0.2) is 78.8 Å². The van der Waals surface area contributed by atoms with Gasteiger partial charge in [-0.05, 0) is 74.9 Å². The van der Waals surface area contributed by atoms with Crippen LogP contribution in [0.2, 0.25) is 0 Å². The fraction of sp³-hybridized carbons (Fsp3) is 0.538. The van der Waals surface area contributed by atoms with E-state index in [1.54, 1.807) is 11.8 Å². The number of pyridine rings is 1. The third kappa shape index (κ3) is 6.87. The normalized spacial score (nSPS) is 17.9. The van der Waals surface area contributed by atoms with Gasteiger partial charge in [0.05, 0.1) is 0 Å². The van der Waals surface area contributed by atoms with Crippen LogP contribution in [0.15, 0.2) is 47.5 Å². The van der Waals surface area contributed by atoms with Gasteiger partial charge in [0.2, 0.25) is 5.91 Å². The summed E-state index contributed by atoms with van der Waals surface area (Å²) < 4.78 is 0. The van der Waals surface area contributed by atoms with Crippen LogP contribution in [0.3, 0.4) is 0 Å². The van der Waals surface area contributed by atoms with Crippen molar-refractivity contribution in [1.82, 2.24) is 14.8 Å². The quantitative estimate of drug-likeness (QED) is 0.590. The van der Waals surface area contributed by atoms with Crippen molar-refractivity contribution >= 4 is 29.2 Å². The predicted octanol–water partition coefficient (Wildman–Crippen LogP) is 4.12. The van der Waals surface area contributed by atoms with Crippen LogP contribution in [0, 0.1) is 6.92 Å². The zero-order valence-electron chi connectivity index (χ0n) is 20.0. The van der Waals surface area contributed by atoms with Gasteiger partial charge < -0.3 is 15.1 Å². The Morgan fingerprint density at radius 1 is 1.03 bits per heavy atom. The number of aromatic nitrogens is 1. The van der Waals surface area contributed by atoms with Crippen LogP contribution in [-0.2, 0) is 4.79 Å². The molecule has 2 saturated heterocycles. The molecule has 2 aliphatic rings. The average molecular weight is 468 g/mol. The standard InChI is InChI=1S/C26H37N5OS/c1-21-5-10-25(27-20-21)30-18-16-29(17-19-30)13-3-4-26(32)31-14-11-23(12-15-31)28-22-6-8-24(33-2)9-7-22/h5-10,20,23,28H,3-4,11-19H2,1-2H3. The molecule has 0 bridgehead atoms. The van der Waals surface area contributed by atoms with Crippen molar-refractivity contribution in [2.45, 2.75) is 43.5 Å². The van der Waals surface area contributed by atoms with E-state index in [2.05, 4.69) is 74.6 Å². The number of likely N-dealkylation sites (tertiary alicyclic amines) is 1. The molecule has 0 aliphatic carbocycles. The van der Waals surface area contributed by atoms with E-state index in [1.807, 2.05) is 6.20 Å². The van der Waals surface area contributed by atoms with Gasteiger partial charge in [0.1, 0.15) is 5.82 Å². The van der Waals surface area contributed by atoms with Crippen molar-refractivity contribution in [3.05, 3.63) is 48.2 Å². The van der Waals surface area contributed by atoms with Gasteiger partial charge in [-0.25, -0.2) is 4.98 Å². The van der Waals surface area contributed by atoms with Gasteiger partial charge in [0.25, 0.3) is 0 Å². The number of benzene rings is 1. The molecule has 1 aromatic carbocycles. The number of carbonyl (C=O) groups excluding carboxylic acids is 1. The first-order valence-corrected chi connectivity index (χ1v) is 13.4. The Kier molecular flexibility index (Phi) is 8.51. The molecule has 2 aliphatic heterocycles. The minimum Gasteiger partial charge on any atom is -0.382 e. The van der Waals surface area contributed by atoms with Crippen LogP contribution in [0.25, 0.3) is 0 Å². The number of hydrogen-bond donors (Lipinski definition) is 1. The fourth-order valence-corrected chi connectivity index (χ4v) is 5.06. The number of rotatable bonds is 8. The highest BCUT2D eigenvalue weighted by atomic mass is 32.2. The Morgan fingerprint density at radius 2 is 1.76 bits per heavy atom. The van der Waals surface area contributed by atoms with Gasteiger partial charge in [-0.1, -0.05) is 6.07 Å². The van der Waals surface area contributed by atoms with Crippen molar-refractivity contribution in [1.29, 1.82) is 0 Å². The molecular weight excluding hydrogens is 430 g/mol. The largest absolute Gasteiger partial charge is 0.382 e. The maximum Gasteiger partial charge on any atom is 0.222 e. The average Bonchev–Trinajstić information content (AvgIpc) is 2.86. The Hall–Kier alpha value is -2.25. The van der Waals surface area contributed by atoms with Gasteiger partial charge in [0.15, 0.2) is 0 Å². The minimum absolute atomic E-state index is 0.320. The second-order valence-electron chi connectivity index (χ2n) is 9.15. The van der Waals surface area contributed by atoms with Gasteiger partial charge in [-0.15, -0.1) is 11.8 Å². The number of carbonyl (C=O) groups is 1. The zero-order valence-corrected chi connectivity index (χ0v) is 20.8. The Balaban J connectivity index is 1.11. The minimum atomic E-state index is 0.320. The number of piperazine rings is 1. The molecule has 3 heterocycles. The van der Waals surface area contributed by atoms with Gasteiger partial charge >= 0.3 is 0 Å². The number of nitrogens with zero attached hydrogens (tertiary/aromatic N) is 4. The van der Waals surface area contributed by atoms with E-state index in [1.165, 1.54) is 16.1 Å². The summed E-state index contributed by atoms with van der Waals surface area (Å²) in [6.07, 6.45) is 7.68. The van der Waals surface area contributed by atoms with Gasteiger partial charge in [-0.2, -0.15) is 0 Å². The van der Waals surface area contributed by atoms with Crippen LogP contribution in [0.1, 0.15) is 31.2 Å². The molecular formula is C26H37N5OS. The summed E-state index contributed by atoms with van der Waals surface area (Å²) in [5.41, 5.74) is 2.37. The van der Waals surface area contributed by atoms with Crippen LogP contribution >= 0.6 is 11.8 Å². The Labute approximate surface area is 202 Å². The third-order valence-electron chi connectivity index (χ3n) is 6.77. The number of thioether (sulfide) groups is 1. The SMILES string of the molecule is CSc1ccc(NC2CCN(C(=O)CCCN3CCN(c4ccc(C)cn4)CC3)CC2)cc1. The monoisotopic (exact) mass is 467 g/mol. The van der Waals surface area contributed by atoms with E-state index in [-0.39, 0.29) is 0 Å². The second-order valence-corrected chi connectivity index (χ2v) is 10.0. The highest BCUT2D eigenvalue weighted by molar-refractivity contribution is 7.98. The molecule has 7 heteroatoms. The highest BCUT2D eigenvalue weighted by Gasteiger charge is 2.23. The number of piperidine rings is 1. The van der Waals surface area contributed by atoms with Crippen molar-refractivity contribution in [3.63, 3.8) is 0 Å². The fourth-order valence-electron chi connectivity index (χ4n) is 4.66.